The zero-order chi connectivity index (χ0) is 28.1. The monoisotopic (exact) mass is 543 g/mol. The second kappa shape index (κ2) is 28.7. The van der Waals surface area contributed by atoms with E-state index >= 15 is 0 Å². The fraction of sp³-hybridized carbons (Fsp3) is 0.868. The molecule has 1 nitrogen and oxygen atoms in total. The summed E-state index contributed by atoms with van der Waals surface area (Å²) in [5.74, 6) is 0. The molecule has 1 aromatic heterocycles. The molecule has 0 aliphatic carbocycles. The number of rotatable bonds is 30. The smallest absolute Gasteiger partial charge is 0.172 e. The number of pyridine rings is 1. The predicted molar refractivity (Wildman–Crippen MR) is 176 cm³/mol. The molecule has 0 bridgehead atoms. The van der Waals surface area contributed by atoms with Gasteiger partial charge in [-0.3, -0.25) is 0 Å². The van der Waals surface area contributed by atoms with Gasteiger partial charge in [0.1, 0.15) is 6.54 Å². The summed E-state index contributed by atoms with van der Waals surface area (Å²) >= 11 is 0. The van der Waals surface area contributed by atoms with E-state index in [-0.39, 0.29) is 0 Å². The fourth-order valence-corrected chi connectivity index (χ4v) is 6.08. The van der Waals surface area contributed by atoms with Gasteiger partial charge in [-0.25, -0.2) is 4.57 Å². The summed E-state index contributed by atoms with van der Waals surface area (Å²) in [5.41, 5.74) is 3.31. The Morgan fingerprint density at radius 2 is 0.718 bits per heavy atom. The van der Waals surface area contributed by atoms with Gasteiger partial charge >= 0.3 is 0 Å². The summed E-state index contributed by atoms with van der Waals surface area (Å²) in [5, 5.41) is 0. The van der Waals surface area contributed by atoms with Crippen LogP contribution in [0.1, 0.15) is 205 Å². The van der Waals surface area contributed by atoms with Gasteiger partial charge in [0, 0.05) is 18.1 Å². The average Bonchev–Trinajstić information content (AvgIpc) is 2.95. The lowest BCUT2D eigenvalue weighted by atomic mass is 9.97. The second-order valence-electron chi connectivity index (χ2n) is 12.7. The van der Waals surface area contributed by atoms with Crippen LogP contribution in [0.25, 0.3) is 0 Å². The molecular formula is C38H72N+. The van der Waals surface area contributed by atoms with Gasteiger partial charge in [0.25, 0.3) is 0 Å². The van der Waals surface area contributed by atoms with Crippen molar-refractivity contribution in [1.82, 2.24) is 0 Å². The van der Waals surface area contributed by atoms with Gasteiger partial charge in [-0.05, 0) is 37.7 Å². The Bertz CT molecular complexity index is 621. The third-order valence-electron chi connectivity index (χ3n) is 8.82. The lowest BCUT2D eigenvalue weighted by molar-refractivity contribution is -0.697. The Hall–Kier alpha value is -0.850. The standard InChI is InChI=1S/C38H72N/c1-4-7-10-13-15-17-19-21-23-25-28-31-37-33-35-39(34-30-27-12-9-6-3)36-38(37)32-29-26-24-22-20-18-16-14-11-8-5-2/h33,35-36H,4-32,34H2,1-3H3/q+1. The van der Waals surface area contributed by atoms with Crippen molar-refractivity contribution < 1.29 is 4.57 Å². The third-order valence-corrected chi connectivity index (χ3v) is 8.82. The van der Waals surface area contributed by atoms with Crippen molar-refractivity contribution in [3.05, 3.63) is 29.6 Å². The minimum Gasteiger partial charge on any atom is -0.205 e. The molecule has 228 valence electrons. The number of aromatic nitrogens is 1. The molecule has 0 aromatic carbocycles. The van der Waals surface area contributed by atoms with Gasteiger partial charge in [-0.1, -0.05) is 168 Å². The van der Waals surface area contributed by atoms with Crippen molar-refractivity contribution in [3.8, 4) is 0 Å². The first-order valence-corrected chi connectivity index (χ1v) is 18.3. The van der Waals surface area contributed by atoms with Gasteiger partial charge in [-0.15, -0.1) is 0 Å². The summed E-state index contributed by atoms with van der Waals surface area (Å²) in [4.78, 5) is 0. The normalized spacial score (nSPS) is 11.5. The second-order valence-corrected chi connectivity index (χ2v) is 12.7. The Morgan fingerprint density at radius 1 is 0.385 bits per heavy atom. The summed E-state index contributed by atoms with van der Waals surface area (Å²) in [7, 11) is 0. The quantitative estimate of drug-likeness (QED) is 0.0672. The van der Waals surface area contributed by atoms with E-state index in [1.165, 1.54) is 193 Å². The SMILES string of the molecule is CCCCCCCCCCCCCc1cc[n+](CCCCCCC)cc1CCCCCCCCCCCCC. The summed E-state index contributed by atoms with van der Waals surface area (Å²) in [6.45, 7) is 8.13. The minimum absolute atomic E-state index is 1.20. The number of nitrogens with zero attached hydrogens (tertiary/aromatic N) is 1. The van der Waals surface area contributed by atoms with Crippen LogP contribution >= 0.6 is 0 Å². The lowest BCUT2D eigenvalue weighted by Gasteiger charge is -2.10. The summed E-state index contributed by atoms with van der Waals surface area (Å²) < 4.78 is 2.50. The molecule has 0 saturated heterocycles. The Labute approximate surface area is 247 Å². The van der Waals surface area contributed by atoms with Crippen LogP contribution in [0, 0.1) is 0 Å². The van der Waals surface area contributed by atoms with E-state index in [1.54, 1.807) is 11.1 Å². The molecule has 1 heterocycles. The van der Waals surface area contributed by atoms with Crippen molar-refractivity contribution in [2.45, 2.75) is 214 Å². The number of aryl methyl sites for hydroxylation is 3. The maximum absolute atomic E-state index is 2.53. The zero-order valence-electron chi connectivity index (χ0n) is 27.4. The maximum Gasteiger partial charge on any atom is 0.172 e. The molecule has 0 aliphatic heterocycles. The Balaban J connectivity index is 2.32. The number of unbranched alkanes of at least 4 members (excludes halogenated alkanes) is 24. The topological polar surface area (TPSA) is 3.88 Å². The van der Waals surface area contributed by atoms with Crippen LogP contribution in [-0.2, 0) is 19.4 Å². The van der Waals surface area contributed by atoms with Crippen LogP contribution in [0.15, 0.2) is 18.5 Å². The highest BCUT2D eigenvalue weighted by atomic mass is 14.9. The molecule has 0 unspecified atom stereocenters. The van der Waals surface area contributed by atoms with Crippen LogP contribution in [0.4, 0.5) is 0 Å². The van der Waals surface area contributed by atoms with E-state index in [9.17, 15) is 0 Å². The molecule has 0 fully saturated rings. The van der Waals surface area contributed by atoms with E-state index < -0.39 is 0 Å². The lowest BCUT2D eigenvalue weighted by Crippen LogP contribution is -2.33. The predicted octanol–water partition coefficient (Wildman–Crippen LogP) is 12.7. The molecule has 0 saturated carbocycles. The summed E-state index contributed by atoms with van der Waals surface area (Å²) in [6, 6.07) is 2.48. The van der Waals surface area contributed by atoms with Crippen LogP contribution in [0.5, 0.6) is 0 Å². The van der Waals surface area contributed by atoms with E-state index in [0.29, 0.717) is 0 Å². The first kappa shape index (κ1) is 36.2. The van der Waals surface area contributed by atoms with Crippen molar-refractivity contribution in [1.29, 1.82) is 0 Å². The highest BCUT2D eigenvalue weighted by Crippen LogP contribution is 2.18. The van der Waals surface area contributed by atoms with Gasteiger partial charge in [-0.2, -0.15) is 0 Å². The third kappa shape index (κ3) is 22.5. The van der Waals surface area contributed by atoms with Crippen LogP contribution in [-0.4, -0.2) is 0 Å². The fourth-order valence-electron chi connectivity index (χ4n) is 6.08. The number of hydrogen-bond acceptors (Lipinski definition) is 0. The molecule has 0 atom stereocenters. The van der Waals surface area contributed by atoms with E-state index in [1.807, 2.05) is 0 Å². The van der Waals surface area contributed by atoms with Gasteiger partial charge in [0.15, 0.2) is 12.4 Å². The van der Waals surface area contributed by atoms with Crippen molar-refractivity contribution >= 4 is 0 Å². The highest BCUT2D eigenvalue weighted by Gasteiger charge is 2.10. The Morgan fingerprint density at radius 3 is 1.13 bits per heavy atom. The first-order valence-electron chi connectivity index (χ1n) is 18.3. The molecular weight excluding hydrogens is 470 g/mol. The van der Waals surface area contributed by atoms with E-state index in [2.05, 4.69) is 43.8 Å². The molecule has 0 radical (unpaired) electrons. The first-order chi connectivity index (χ1) is 19.3. The van der Waals surface area contributed by atoms with Crippen LogP contribution in [0.3, 0.4) is 0 Å². The van der Waals surface area contributed by atoms with E-state index in [0.717, 1.165) is 0 Å². The molecule has 39 heavy (non-hydrogen) atoms. The van der Waals surface area contributed by atoms with Gasteiger partial charge in [0.2, 0.25) is 0 Å². The molecule has 0 spiro atoms. The van der Waals surface area contributed by atoms with Gasteiger partial charge in [0.05, 0.1) is 0 Å². The van der Waals surface area contributed by atoms with Crippen molar-refractivity contribution in [2.24, 2.45) is 0 Å². The molecule has 1 heteroatoms. The molecule has 0 amide bonds. The molecule has 1 aromatic rings. The average molecular weight is 543 g/mol. The largest absolute Gasteiger partial charge is 0.205 e. The summed E-state index contributed by atoms with van der Waals surface area (Å²) in [6.07, 6.45) is 45.9. The van der Waals surface area contributed by atoms with Crippen molar-refractivity contribution in [2.75, 3.05) is 0 Å². The highest BCUT2D eigenvalue weighted by molar-refractivity contribution is 5.21. The zero-order valence-corrected chi connectivity index (χ0v) is 27.4. The number of hydrogen-bond donors (Lipinski definition) is 0. The maximum atomic E-state index is 2.53. The van der Waals surface area contributed by atoms with Gasteiger partial charge < -0.3 is 0 Å². The van der Waals surface area contributed by atoms with Crippen molar-refractivity contribution in [3.63, 3.8) is 0 Å². The van der Waals surface area contributed by atoms with E-state index in [4.69, 9.17) is 0 Å². The Kier molecular flexibility index (Phi) is 26.6. The molecule has 0 N–H and O–H groups in total. The van der Waals surface area contributed by atoms with Crippen LogP contribution < -0.4 is 4.57 Å². The van der Waals surface area contributed by atoms with Crippen LogP contribution in [0.2, 0.25) is 0 Å². The molecule has 0 aliphatic rings. The molecule has 1 rings (SSSR count). The minimum atomic E-state index is 1.20.